The second-order valence-corrected chi connectivity index (χ2v) is 10.1. The maximum absolute atomic E-state index is 6.04. The summed E-state index contributed by atoms with van der Waals surface area (Å²) in [6, 6.07) is 16.9. The molecule has 3 nitrogen and oxygen atoms in total. The third kappa shape index (κ3) is 7.16. The van der Waals surface area contributed by atoms with Gasteiger partial charge in [-0.05, 0) is 60.4 Å². The molecule has 0 atom stereocenters. The van der Waals surface area contributed by atoms with E-state index in [-0.39, 0.29) is 0 Å². The molecule has 3 heteroatoms. The average molecular weight is 457 g/mol. The highest BCUT2D eigenvalue weighted by Crippen LogP contribution is 2.34. The van der Waals surface area contributed by atoms with Crippen LogP contribution in [-0.2, 0) is 0 Å². The average Bonchev–Trinajstić information content (AvgIpc) is 2.89. The highest BCUT2D eigenvalue weighted by atomic mass is 16.5. The SMILES string of the molecule is CCCCC[C@H]1CC[C@H](CCCOc2ccc(-c3ccc(-c4ncc(C)cn4)cc3)cc2)CC1. The molecule has 0 aliphatic heterocycles. The Morgan fingerprint density at radius 3 is 1.82 bits per heavy atom. The maximum Gasteiger partial charge on any atom is 0.159 e. The summed E-state index contributed by atoms with van der Waals surface area (Å²) in [5, 5.41) is 0. The van der Waals surface area contributed by atoms with E-state index in [1.54, 1.807) is 0 Å². The zero-order valence-corrected chi connectivity index (χ0v) is 21.0. The molecule has 4 rings (SSSR count). The fourth-order valence-electron chi connectivity index (χ4n) is 5.15. The van der Waals surface area contributed by atoms with E-state index in [2.05, 4.69) is 65.4 Å². The van der Waals surface area contributed by atoms with Crippen molar-refractivity contribution >= 4 is 0 Å². The topological polar surface area (TPSA) is 35.0 Å². The minimum absolute atomic E-state index is 0.765. The van der Waals surface area contributed by atoms with Gasteiger partial charge in [0.1, 0.15) is 5.75 Å². The predicted octanol–water partition coefficient (Wildman–Crippen LogP) is 8.66. The number of nitrogens with zero attached hydrogens (tertiary/aromatic N) is 2. The van der Waals surface area contributed by atoms with Crippen LogP contribution in [0.1, 0.15) is 76.7 Å². The molecule has 0 bridgehead atoms. The molecule has 1 aliphatic carbocycles. The van der Waals surface area contributed by atoms with Gasteiger partial charge in [-0.25, -0.2) is 9.97 Å². The highest BCUT2D eigenvalue weighted by molar-refractivity contribution is 5.68. The summed E-state index contributed by atoms with van der Waals surface area (Å²) in [6.45, 7) is 5.12. The van der Waals surface area contributed by atoms with Gasteiger partial charge < -0.3 is 4.74 Å². The molecule has 180 valence electrons. The maximum atomic E-state index is 6.04. The minimum atomic E-state index is 0.765. The Kier molecular flexibility index (Phi) is 9.12. The van der Waals surface area contributed by atoms with Crippen LogP contribution in [0.4, 0.5) is 0 Å². The van der Waals surface area contributed by atoms with Crippen LogP contribution in [0.2, 0.25) is 0 Å². The van der Waals surface area contributed by atoms with Crippen LogP contribution in [0, 0.1) is 18.8 Å². The zero-order chi connectivity index (χ0) is 23.6. The molecule has 1 aromatic heterocycles. The zero-order valence-electron chi connectivity index (χ0n) is 21.0. The summed E-state index contributed by atoms with van der Waals surface area (Å²) in [4.78, 5) is 8.83. The van der Waals surface area contributed by atoms with E-state index in [1.807, 2.05) is 19.3 Å². The summed E-state index contributed by atoms with van der Waals surface area (Å²) >= 11 is 0. The van der Waals surface area contributed by atoms with Crippen LogP contribution in [-0.4, -0.2) is 16.6 Å². The van der Waals surface area contributed by atoms with Crippen LogP contribution < -0.4 is 4.74 Å². The van der Waals surface area contributed by atoms with Gasteiger partial charge in [-0.1, -0.05) is 94.7 Å². The van der Waals surface area contributed by atoms with Crippen molar-refractivity contribution in [2.75, 3.05) is 6.61 Å². The first-order chi connectivity index (χ1) is 16.7. The molecular weight excluding hydrogens is 416 g/mol. The van der Waals surface area contributed by atoms with E-state index in [4.69, 9.17) is 4.74 Å². The number of unbranched alkanes of at least 4 members (excludes halogenated alkanes) is 2. The molecule has 0 amide bonds. The standard InChI is InChI=1S/C31H40N2O/c1-3-4-5-7-25-9-11-26(12-10-25)8-6-21-34-30-19-17-28(18-20-30)27-13-15-29(16-14-27)31-32-22-24(2)23-33-31/h13-20,22-23,25-26H,3-12,21H2,1-2H3/t25-,26-. The van der Waals surface area contributed by atoms with Crippen LogP contribution in [0.5, 0.6) is 5.75 Å². The fraction of sp³-hybridized carbons (Fsp3) is 0.484. The molecule has 0 saturated heterocycles. The van der Waals surface area contributed by atoms with E-state index in [0.29, 0.717) is 0 Å². The molecule has 3 aromatic rings. The molecule has 1 heterocycles. The van der Waals surface area contributed by atoms with E-state index >= 15 is 0 Å². The van der Waals surface area contributed by atoms with Crippen LogP contribution >= 0.6 is 0 Å². The van der Waals surface area contributed by atoms with Gasteiger partial charge in [0.25, 0.3) is 0 Å². The summed E-state index contributed by atoms with van der Waals surface area (Å²) < 4.78 is 6.04. The van der Waals surface area contributed by atoms with Crippen molar-refractivity contribution in [1.29, 1.82) is 0 Å². The van der Waals surface area contributed by atoms with Crippen molar-refractivity contribution in [2.24, 2.45) is 11.8 Å². The molecule has 0 spiro atoms. The number of benzene rings is 2. The molecule has 2 aromatic carbocycles. The minimum Gasteiger partial charge on any atom is -0.494 e. The van der Waals surface area contributed by atoms with Crippen molar-refractivity contribution in [3.05, 3.63) is 66.5 Å². The lowest BCUT2D eigenvalue weighted by Crippen LogP contribution is -2.15. The van der Waals surface area contributed by atoms with Gasteiger partial charge in [-0.15, -0.1) is 0 Å². The van der Waals surface area contributed by atoms with Crippen molar-refractivity contribution in [3.8, 4) is 28.3 Å². The number of ether oxygens (including phenoxy) is 1. The largest absolute Gasteiger partial charge is 0.494 e. The van der Waals surface area contributed by atoms with Crippen molar-refractivity contribution in [3.63, 3.8) is 0 Å². The summed E-state index contributed by atoms with van der Waals surface area (Å²) in [5.74, 6) is 3.65. The van der Waals surface area contributed by atoms with Gasteiger partial charge in [-0.2, -0.15) is 0 Å². The Hall–Kier alpha value is -2.68. The molecule has 0 N–H and O–H groups in total. The molecule has 1 saturated carbocycles. The number of hydrogen-bond donors (Lipinski definition) is 0. The lowest BCUT2D eigenvalue weighted by atomic mass is 9.78. The second-order valence-electron chi connectivity index (χ2n) is 10.1. The number of aromatic nitrogens is 2. The summed E-state index contributed by atoms with van der Waals surface area (Å²) in [7, 11) is 0. The van der Waals surface area contributed by atoms with Gasteiger partial charge in [0.05, 0.1) is 6.61 Å². The first kappa shape index (κ1) is 24.4. The normalized spacial score (nSPS) is 18.1. The van der Waals surface area contributed by atoms with Crippen molar-refractivity contribution < 1.29 is 4.74 Å². The quantitative estimate of drug-likeness (QED) is 0.271. The van der Waals surface area contributed by atoms with Gasteiger partial charge in [0.2, 0.25) is 0 Å². The van der Waals surface area contributed by atoms with E-state index < -0.39 is 0 Å². The lowest BCUT2D eigenvalue weighted by molar-refractivity contribution is 0.228. The van der Waals surface area contributed by atoms with Gasteiger partial charge in [0.15, 0.2) is 5.82 Å². The first-order valence-corrected chi connectivity index (χ1v) is 13.3. The van der Waals surface area contributed by atoms with Gasteiger partial charge in [0, 0.05) is 18.0 Å². The van der Waals surface area contributed by atoms with Crippen molar-refractivity contribution in [2.45, 2.75) is 78.1 Å². The molecule has 1 aliphatic rings. The van der Waals surface area contributed by atoms with E-state index in [1.165, 1.54) is 68.9 Å². The molecule has 0 unspecified atom stereocenters. The van der Waals surface area contributed by atoms with E-state index in [0.717, 1.165) is 47.6 Å². The molecule has 1 fully saturated rings. The Bertz CT molecular complexity index is 971. The van der Waals surface area contributed by atoms with Crippen LogP contribution in [0.3, 0.4) is 0 Å². The Morgan fingerprint density at radius 2 is 1.24 bits per heavy atom. The third-order valence-electron chi connectivity index (χ3n) is 7.32. The molecular formula is C31H40N2O. The summed E-state index contributed by atoms with van der Waals surface area (Å²) in [5.41, 5.74) is 4.49. The number of hydrogen-bond acceptors (Lipinski definition) is 3. The van der Waals surface area contributed by atoms with Crippen LogP contribution in [0.25, 0.3) is 22.5 Å². The van der Waals surface area contributed by atoms with E-state index in [9.17, 15) is 0 Å². The Balaban J connectivity index is 1.18. The number of rotatable bonds is 11. The monoisotopic (exact) mass is 456 g/mol. The second kappa shape index (κ2) is 12.7. The van der Waals surface area contributed by atoms with Gasteiger partial charge in [-0.3, -0.25) is 0 Å². The Labute approximate surface area is 206 Å². The summed E-state index contributed by atoms with van der Waals surface area (Å²) in [6.07, 6.45) is 17.6. The lowest BCUT2D eigenvalue weighted by Gasteiger charge is -2.28. The van der Waals surface area contributed by atoms with Gasteiger partial charge >= 0.3 is 0 Å². The third-order valence-corrected chi connectivity index (χ3v) is 7.32. The highest BCUT2D eigenvalue weighted by Gasteiger charge is 2.20. The molecule has 0 radical (unpaired) electrons. The smallest absolute Gasteiger partial charge is 0.159 e. The van der Waals surface area contributed by atoms with Crippen LogP contribution in [0.15, 0.2) is 60.9 Å². The number of aryl methyl sites for hydroxylation is 1. The predicted molar refractivity (Wildman–Crippen MR) is 142 cm³/mol. The fourth-order valence-corrected chi connectivity index (χ4v) is 5.15. The molecule has 34 heavy (non-hydrogen) atoms. The first-order valence-electron chi connectivity index (χ1n) is 13.3. The Morgan fingerprint density at radius 1 is 0.706 bits per heavy atom. The van der Waals surface area contributed by atoms with Crippen molar-refractivity contribution in [1.82, 2.24) is 9.97 Å².